The summed E-state index contributed by atoms with van der Waals surface area (Å²) >= 11 is 0. The van der Waals surface area contributed by atoms with Crippen molar-refractivity contribution < 1.29 is 19.7 Å². The molecule has 1 aromatic rings. The van der Waals surface area contributed by atoms with Crippen molar-refractivity contribution in [3.63, 3.8) is 0 Å². The molecule has 0 radical (unpaired) electrons. The Bertz CT molecular complexity index is 597. The molecule has 0 bridgehead atoms. The van der Waals surface area contributed by atoms with Crippen LogP contribution in [0.1, 0.15) is 44.2 Å². The van der Waals surface area contributed by atoms with Gasteiger partial charge in [0.25, 0.3) is 0 Å². The molecule has 3 rings (SSSR count). The zero-order chi connectivity index (χ0) is 16.6. The van der Waals surface area contributed by atoms with Gasteiger partial charge in [0.05, 0.1) is 6.10 Å². The maximum absolute atomic E-state index is 10.8. The third-order valence-electron chi connectivity index (χ3n) is 5.97. The lowest BCUT2D eigenvalue weighted by Crippen LogP contribution is -2.37. The van der Waals surface area contributed by atoms with Gasteiger partial charge in [-0.05, 0) is 60.1 Å². The van der Waals surface area contributed by atoms with Gasteiger partial charge in [-0.2, -0.15) is 0 Å². The lowest BCUT2D eigenvalue weighted by atomic mass is 9.63. The number of aliphatic hydroxyl groups is 1. The van der Waals surface area contributed by atoms with Crippen LogP contribution in [0.2, 0.25) is 0 Å². The summed E-state index contributed by atoms with van der Waals surface area (Å²) in [6, 6.07) is 5.93. The molecule has 1 saturated carbocycles. The number of carboxylic acids is 1. The third-order valence-corrected chi connectivity index (χ3v) is 5.97. The first-order chi connectivity index (χ1) is 11.0. The van der Waals surface area contributed by atoms with E-state index >= 15 is 0 Å². The van der Waals surface area contributed by atoms with Gasteiger partial charge in [0.15, 0.2) is 6.61 Å². The molecule has 2 N–H and O–H groups in total. The number of hydrogen-bond donors (Lipinski definition) is 2. The molecule has 0 aromatic heterocycles. The molecule has 4 atom stereocenters. The molecule has 1 fully saturated rings. The summed E-state index contributed by atoms with van der Waals surface area (Å²) in [7, 11) is 0. The van der Waals surface area contributed by atoms with E-state index in [2.05, 4.69) is 19.9 Å². The maximum Gasteiger partial charge on any atom is 0.341 e. The van der Waals surface area contributed by atoms with Crippen LogP contribution in [-0.2, 0) is 17.6 Å². The molecule has 4 heteroatoms. The monoisotopic (exact) mass is 318 g/mol. The second-order valence-electron chi connectivity index (χ2n) is 7.36. The van der Waals surface area contributed by atoms with Crippen LogP contribution < -0.4 is 4.74 Å². The van der Waals surface area contributed by atoms with Gasteiger partial charge in [0.1, 0.15) is 5.75 Å². The van der Waals surface area contributed by atoms with Crippen molar-refractivity contribution in [2.45, 2.75) is 52.1 Å². The van der Waals surface area contributed by atoms with E-state index in [1.54, 1.807) is 0 Å². The molecule has 3 unspecified atom stereocenters. The zero-order valence-corrected chi connectivity index (χ0v) is 13.9. The summed E-state index contributed by atoms with van der Waals surface area (Å²) in [5.74, 6) is 0.535. The lowest BCUT2D eigenvalue weighted by molar-refractivity contribution is -0.139. The van der Waals surface area contributed by atoms with Gasteiger partial charge < -0.3 is 14.9 Å². The van der Waals surface area contributed by atoms with Crippen molar-refractivity contribution in [3.05, 3.63) is 29.3 Å². The van der Waals surface area contributed by atoms with Crippen LogP contribution in [0.15, 0.2) is 18.2 Å². The summed E-state index contributed by atoms with van der Waals surface area (Å²) in [6.45, 7) is 4.19. The van der Waals surface area contributed by atoms with Gasteiger partial charge in [-0.1, -0.05) is 32.4 Å². The largest absolute Gasteiger partial charge is 0.482 e. The van der Waals surface area contributed by atoms with Crippen molar-refractivity contribution >= 4 is 5.97 Å². The summed E-state index contributed by atoms with van der Waals surface area (Å²) in [6.07, 6.45) is 4.60. The van der Waals surface area contributed by atoms with Crippen LogP contribution in [0.3, 0.4) is 0 Å². The molecule has 0 aliphatic heterocycles. The van der Waals surface area contributed by atoms with Crippen molar-refractivity contribution in [2.75, 3.05) is 6.61 Å². The number of benzene rings is 1. The molecule has 0 spiro atoms. The SMILES string of the molecule is CCCC1[C@H](O)CC2Cc3c(cccc3OCC(=O)O)CC21C. The van der Waals surface area contributed by atoms with Gasteiger partial charge in [0.2, 0.25) is 0 Å². The summed E-state index contributed by atoms with van der Waals surface area (Å²) < 4.78 is 5.49. The van der Waals surface area contributed by atoms with Crippen molar-refractivity contribution in [3.8, 4) is 5.75 Å². The van der Waals surface area contributed by atoms with E-state index in [0.717, 1.165) is 37.7 Å². The van der Waals surface area contributed by atoms with Gasteiger partial charge in [-0.3, -0.25) is 0 Å². The maximum atomic E-state index is 10.8. The Kier molecular flexibility index (Phi) is 4.37. The van der Waals surface area contributed by atoms with Crippen LogP contribution >= 0.6 is 0 Å². The van der Waals surface area contributed by atoms with E-state index in [-0.39, 0.29) is 18.1 Å². The first kappa shape index (κ1) is 16.3. The van der Waals surface area contributed by atoms with E-state index in [1.807, 2.05) is 12.1 Å². The number of rotatable bonds is 5. The average Bonchev–Trinajstić information content (AvgIpc) is 2.74. The number of aliphatic carboxylic acids is 1. The van der Waals surface area contributed by atoms with Crippen LogP contribution in [0, 0.1) is 17.3 Å². The van der Waals surface area contributed by atoms with E-state index in [9.17, 15) is 9.90 Å². The van der Waals surface area contributed by atoms with Crippen molar-refractivity contribution in [1.29, 1.82) is 0 Å². The molecular formula is C19H26O4. The van der Waals surface area contributed by atoms with Gasteiger partial charge in [0, 0.05) is 0 Å². The second kappa shape index (κ2) is 6.16. The Labute approximate surface area is 137 Å². The number of aliphatic hydroxyl groups excluding tert-OH is 1. The third kappa shape index (κ3) is 2.85. The molecule has 0 saturated heterocycles. The molecular weight excluding hydrogens is 292 g/mol. The highest BCUT2D eigenvalue weighted by Gasteiger charge is 2.52. The van der Waals surface area contributed by atoms with Crippen LogP contribution in [0.5, 0.6) is 5.75 Å². The van der Waals surface area contributed by atoms with Crippen LogP contribution in [-0.4, -0.2) is 28.9 Å². The number of ether oxygens (including phenoxy) is 1. The summed E-state index contributed by atoms with van der Waals surface area (Å²) in [5.41, 5.74) is 2.52. The topological polar surface area (TPSA) is 66.8 Å². The zero-order valence-electron chi connectivity index (χ0n) is 13.9. The van der Waals surface area contributed by atoms with Gasteiger partial charge >= 0.3 is 5.97 Å². The van der Waals surface area contributed by atoms with Crippen molar-refractivity contribution in [1.82, 2.24) is 0 Å². The van der Waals surface area contributed by atoms with E-state index < -0.39 is 5.97 Å². The summed E-state index contributed by atoms with van der Waals surface area (Å²) in [4.78, 5) is 10.8. The highest BCUT2D eigenvalue weighted by molar-refractivity contribution is 5.68. The number of fused-ring (bicyclic) bond motifs is 2. The summed E-state index contributed by atoms with van der Waals surface area (Å²) in [5, 5.41) is 19.4. The Morgan fingerprint density at radius 1 is 1.43 bits per heavy atom. The predicted octanol–water partition coefficient (Wildman–Crippen LogP) is 3.05. The lowest BCUT2D eigenvalue weighted by Gasteiger charge is -2.42. The number of carboxylic acid groups (broad SMARTS) is 1. The van der Waals surface area contributed by atoms with Gasteiger partial charge in [-0.15, -0.1) is 0 Å². The van der Waals surface area contributed by atoms with Crippen LogP contribution in [0.25, 0.3) is 0 Å². The van der Waals surface area contributed by atoms with E-state index in [4.69, 9.17) is 9.84 Å². The van der Waals surface area contributed by atoms with Gasteiger partial charge in [-0.25, -0.2) is 4.79 Å². The standard InChI is InChI=1S/C19H26O4/c1-3-5-15-16(20)9-13-8-14-12(10-19(13,15)2)6-4-7-17(14)23-11-18(21)22/h4,6-7,13,15-16,20H,3,5,8-11H2,1-2H3,(H,21,22)/t13?,15?,16-,19?/m1/s1. The van der Waals surface area contributed by atoms with E-state index in [0.29, 0.717) is 17.6 Å². The first-order valence-electron chi connectivity index (χ1n) is 8.59. The highest BCUT2D eigenvalue weighted by Crippen LogP contribution is 2.56. The Morgan fingerprint density at radius 2 is 2.22 bits per heavy atom. The average molecular weight is 318 g/mol. The molecule has 23 heavy (non-hydrogen) atoms. The molecule has 2 aliphatic rings. The van der Waals surface area contributed by atoms with Crippen molar-refractivity contribution in [2.24, 2.45) is 17.3 Å². The Morgan fingerprint density at radius 3 is 2.91 bits per heavy atom. The second-order valence-corrected chi connectivity index (χ2v) is 7.36. The molecule has 2 aliphatic carbocycles. The number of hydrogen-bond acceptors (Lipinski definition) is 3. The molecule has 0 heterocycles. The minimum Gasteiger partial charge on any atom is -0.482 e. The smallest absolute Gasteiger partial charge is 0.341 e. The Balaban J connectivity index is 1.89. The minimum atomic E-state index is -0.956. The normalized spacial score (nSPS) is 32.2. The highest BCUT2D eigenvalue weighted by atomic mass is 16.5. The van der Waals surface area contributed by atoms with E-state index in [1.165, 1.54) is 5.56 Å². The molecule has 0 amide bonds. The fourth-order valence-corrected chi connectivity index (χ4v) is 4.83. The fraction of sp³-hybridized carbons (Fsp3) is 0.632. The number of carbonyl (C=O) groups is 1. The predicted molar refractivity (Wildman–Crippen MR) is 87.6 cm³/mol. The first-order valence-corrected chi connectivity index (χ1v) is 8.59. The fourth-order valence-electron chi connectivity index (χ4n) is 4.83. The van der Waals surface area contributed by atoms with Crippen LogP contribution in [0.4, 0.5) is 0 Å². The molecule has 1 aromatic carbocycles. The molecule has 4 nitrogen and oxygen atoms in total. The molecule has 126 valence electrons. The minimum absolute atomic E-state index is 0.133. The Hall–Kier alpha value is -1.55. The quantitative estimate of drug-likeness (QED) is 0.875.